The summed E-state index contributed by atoms with van der Waals surface area (Å²) < 4.78 is 26.8. The molecule has 2 aliphatic heterocycles. The fourth-order valence-corrected chi connectivity index (χ4v) is 3.08. The van der Waals surface area contributed by atoms with Gasteiger partial charge in [0.1, 0.15) is 11.6 Å². The summed E-state index contributed by atoms with van der Waals surface area (Å²) in [5.74, 6) is -1.64. The molecule has 0 saturated carbocycles. The molecule has 1 aromatic carbocycles. The number of carbonyl (C=O) groups is 1. The lowest BCUT2D eigenvalue weighted by molar-refractivity contribution is 0.0770. The zero-order valence-corrected chi connectivity index (χ0v) is 10.6. The minimum atomic E-state index is -0.656. The topological polar surface area (TPSA) is 32.3 Å². The number of halogens is 2. The molecule has 2 heterocycles. The molecule has 0 radical (unpaired) electrons. The van der Waals surface area contributed by atoms with E-state index < -0.39 is 17.5 Å². The van der Waals surface area contributed by atoms with Crippen LogP contribution in [0.25, 0.3) is 0 Å². The van der Waals surface area contributed by atoms with Gasteiger partial charge in [-0.1, -0.05) is 0 Å². The summed E-state index contributed by atoms with van der Waals surface area (Å²) in [6.45, 7) is 3.13. The predicted molar refractivity (Wildman–Crippen MR) is 66.8 cm³/mol. The zero-order valence-electron chi connectivity index (χ0n) is 10.6. The van der Waals surface area contributed by atoms with Gasteiger partial charge in [-0.05, 0) is 37.6 Å². The first kappa shape index (κ1) is 12.5. The van der Waals surface area contributed by atoms with Gasteiger partial charge in [0.2, 0.25) is 0 Å². The fourth-order valence-electron chi connectivity index (χ4n) is 3.08. The van der Waals surface area contributed by atoms with Gasteiger partial charge in [-0.2, -0.15) is 0 Å². The number of likely N-dealkylation sites (tertiary alicyclic amines) is 1. The largest absolute Gasteiger partial charge is 0.338 e. The lowest BCUT2D eigenvalue weighted by Crippen LogP contribution is -2.33. The summed E-state index contributed by atoms with van der Waals surface area (Å²) in [6, 6.07) is 3.01. The van der Waals surface area contributed by atoms with E-state index in [4.69, 9.17) is 0 Å². The monoisotopic (exact) mass is 266 g/mol. The van der Waals surface area contributed by atoms with Crippen molar-refractivity contribution in [3.8, 4) is 0 Å². The molecular weight excluding hydrogens is 250 g/mol. The van der Waals surface area contributed by atoms with Gasteiger partial charge < -0.3 is 10.2 Å². The quantitative estimate of drug-likeness (QED) is 0.840. The molecule has 3 rings (SSSR count). The minimum Gasteiger partial charge on any atom is -0.338 e. The van der Waals surface area contributed by atoms with Crippen LogP contribution in [0.3, 0.4) is 0 Å². The van der Waals surface area contributed by atoms with Crippen LogP contribution in [0.5, 0.6) is 0 Å². The Morgan fingerprint density at radius 3 is 2.89 bits per heavy atom. The summed E-state index contributed by atoms with van der Waals surface area (Å²) in [6.07, 6.45) is 1.98. The third-order valence-corrected chi connectivity index (χ3v) is 4.22. The van der Waals surface area contributed by atoms with Crippen LogP contribution in [0.4, 0.5) is 8.78 Å². The fraction of sp³-hybridized carbons (Fsp3) is 0.500. The number of carbonyl (C=O) groups excluding carboxylic acids is 1. The summed E-state index contributed by atoms with van der Waals surface area (Å²) in [7, 11) is 0. The van der Waals surface area contributed by atoms with E-state index >= 15 is 0 Å². The minimum absolute atomic E-state index is 0.138. The lowest BCUT2D eigenvalue weighted by atomic mass is 9.86. The first-order valence-electron chi connectivity index (χ1n) is 6.55. The van der Waals surface area contributed by atoms with Gasteiger partial charge in [-0.15, -0.1) is 0 Å². The van der Waals surface area contributed by atoms with Crippen molar-refractivity contribution in [3.05, 3.63) is 35.4 Å². The van der Waals surface area contributed by atoms with E-state index in [-0.39, 0.29) is 11.0 Å². The third kappa shape index (κ3) is 2.23. The second kappa shape index (κ2) is 4.56. The number of amides is 1. The lowest BCUT2D eigenvalue weighted by Gasteiger charge is -2.22. The van der Waals surface area contributed by atoms with E-state index in [1.807, 2.05) is 0 Å². The molecule has 2 aliphatic rings. The summed E-state index contributed by atoms with van der Waals surface area (Å²) in [5, 5.41) is 3.30. The van der Waals surface area contributed by atoms with Gasteiger partial charge in [-0.25, -0.2) is 8.78 Å². The van der Waals surface area contributed by atoms with Gasteiger partial charge in [0, 0.05) is 25.0 Å². The molecule has 1 unspecified atom stereocenters. The van der Waals surface area contributed by atoms with Crippen molar-refractivity contribution < 1.29 is 13.6 Å². The molecule has 1 N–H and O–H groups in total. The molecule has 0 aliphatic carbocycles. The molecule has 1 amide bonds. The molecule has 1 spiro atoms. The first-order chi connectivity index (χ1) is 9.10. The van der Waals surface area contributed by atoms with E-state index in [2.05, 4.69) is 5.32 Å². The van der Waals surface area contributed by atoms with E-state index in [1.165, 1.54) is 0 Å². The molecule has 1 atom stereocenters. The highest BCUT2D eigenvalue weighted by atomic mass is 19.1. The van der Waals surface area contributed by atoms with Crippen LogP contribution < -0.4 is 5.32 Å². The Hall–Kier alpha value is -1.49. The van der Waals surface area contributed by atoms with E-state index in [0.717, 1.165) is 44.1 Å². The van der Waals surface area contributed by atoms with Gasteiger partial charge in [0.15, 0.2) is 0 Å². The maximum atomic E-state index is 13.6. The Morgan fingerprint density at radius 2 is 2.16 bits per heavy atom. The molecule has 102 valence electrons. The van der Waals surface area contributed by atoms with Crippen LogP contribution in [0.1, 0.15) is 23.2 Å². The highest BCUT2D eigenvalue weighted by Crippen LogP contribution is 2.36. The van der Waals surface area contributed by atoms with Crippen molar-refractivity contribution in [3.63, 3.8) is 0 Å². The van der Waals surface area contributed by atoms with Crippen molar-refractivity contribution in [2.75, 3.05) is 26.2 Å². The normalized spacial score (nSPS) is 26.3. The van der Waals surface area contributed by atoms with Gasteiger partial charge in [0.05, 0.1) is 5.56 Å². The number of rotatable bonds is 1. The molecule has 1 aromatic rings. The van der Waals surface area contributed by atoms with Crippen LogP contribution in [-0.4, -0.2) is 37.0 Å². The first-order valence-corrected chi connectivity index (χ1v) is 6.55. The Kier molecular flexibility index (Phi) is 3.01. The summed E-state index contributed by atoms with van der Waals surface area (Å²) in [5.41, 5.74) is -0.0255. The zero-order chi connectivity index (χ0) is 13.5. The molecule has 19 heavy (non-hydrogen) atoms. The van der Waals surface area contributed by atoms with Crippen LogP contribution in [-0.2, 0) is 0 Å². The number of benzene rings is 1. The summed E-state index contributed by atoms with van der Waals surface area (Å²) in [4.78, 5) is 13.9. The Labute approximate surface area is 110 Å². The highest BCUT2D eigenvalue weighted by molar-refractivity contribution is 5.94. The van der Waals surface area contributed by atoms with Crippen LogP contribution in [0, 0.1) is 17.0 Å². The molecule has 3 nitrogen and oxygen atoms in total. The van der Waals surface area contributed by atoms with Crippen molar-refractivity contribution in [2.24, 2.45) is 5.41 Å². The average molecular weight is 266 g/mol. The van der Waals surface area contributed by atoms with Crippen molar-refractivity contribution in [2.45, 2.75) is 12.8 Å². The van der Waals surface area contributed by atoms with E-state index in [1.54, 1.807) is 4.90 Å². The Balaban J connectivity index is 1.79. The van der Waals surface area contributed by atoms with Crippen LogP contribution >= 0.6 is 0 Å². The van der Waals surface area contributed by atoms with Crippen LogP contribution in [0.15, 0.2) is 18.2 Å². The number of hydrogen-bond acceptors (Lipinski definition) is 2. The average Bonchev–Trinajstić information content (AvgIpc) is 3.03. The second-order valence-electron chi connectivity index (χ2n) is 5.53. The molecule has 5 heteroatoms. The predicted octanol–water partition coefficient (Wildman–Crippen LogP) is 1.79. The van der Waals surface area contributed by atoms with Gasteiger partial charge in [-0.3, -0.25) is 4.79 Å². The molecular formula is C14H16F2N2O. The second-order valence-corrected chi connectivity index (χ2v) is 5.53. The Morgan fingerprint density at radius 1 is 1.32 bits per heavy atom. The number of nitrogens with one attached hydrogen (secondary N) is 1. The SMILES string of the molecule is O=C(c1cc(F)ccc1F)N1CCC2(CCNC2)C1. The van der Waals surface area contributed by atoms with Crippen molar-refractivity contribution in [1.29, 1.82) is 0 Å². The Bertz CT molecular complexity index is 512. The third-order valence-electron chi connectivity index (χ3n) is 4.22. The molecule has 2 fully saturated rings. The summed E-state index contributed by atoms with van der Waals surface area (Å²) >= 11 is 0. The molecule has 2 saturated heterocycles. The number of hydrogen-bond donors (Lipinski definition) is 1. The number of nitrogens with zero attached hydrogens (tertiary/aromatic N) is 1. The molecule has 0 aromatic heterocycles. The standard InChI is InChI=1S/C14H16F2N2O/c15-10-1-2-12(16)11(7-10)13(19)18-6-4-14(9-18)3-5-17-8-14/h1-2,7,17H,3-6,8-9H2. The molecule has 0 bridgehead atoms. The maximum absolute atomic E-state index is 13.6. The smallest absolute Gasteiger partial charge is 0.256 e. The highest BCUT2D eigenvalue weighted by Gasteiger charge is 2.42. The van der Waals surface area contributed by atoms with E-state index in [0.29, 0.717) is 13.1 Å². The van der Waals surface area contributed by atoms with Gasteiger partial charge >= 0.3 is 0 Å². The van der Waals surface area contributed by atoms with Crippen LogP contribution in [0.2, 0.25) is 0 Å². The maximum Gasteiger partial charge on any atom is 0.256 e. The van der Waals surface area contributed by atoms with Gasteiger partial charge in [0.25, 0.3) is 5.91 Å². The van der Waals surface area contributed by atoms with Crippen molar-refractivity contribution >= 4 is 5.91 Å². The van der Waals surface area contributed by atoms with Crippen molar-refractivity contribution in [1.82, 2.24) is 10.2 Å². The van der Waals surface area contributed by atoms with E-state index in [9.17, 15) is 13.6 Å².